The Morgan fingerprint density at radius 1 is 0.305 bits per heavy atom. The van der Waals surface area contributed by atoms with E-state index in [1.165, 1.54) is 315 Å². The van der Waals surface area contributed by atoms with Gasteiger partial charge < -0.3 is 62.1 Å². The Kier molecular flexibility index (Phi) is 44.4. The maximum atomic E-state index is 5.36. The minimum absolute atomic E-state index is 0.655. The molecule has 128 heavy (non-hydrogen) atoms. The van der Waals surface area contributed by atoms with Crippen LogP contribution in [0.15, 0.2) is 150 Å². The zero-order valence-electron chi connectivity index (χ0n) is 79.7. The number of piperazine rings is 1. The Morgan fingerprint density at radius 2 is 0.797 bits per heavy atom. The lowest BCUT2D eigenvalue weighted by molar-refractivity contribution is -0.0168. The molecule has 1 spiro atoms. The van der Waals surface area contributed by atoms with Gasteiger partial charge >= 0.3 is 0 Å². The zero-order chi connectivity index (χ0) is 87.2. The minimum Gasteiger partial charge on any atom is -0.493 e. The van der Waals surface area contributed by atoms with Crippen LogP contribution in [0.2, 0.25) is 0 Å². The number of rotatable bonds is 0. The molecule has 6 aromatic carbocycles. The molecule has 10 bridgehead atoms. The largest absolute Gasteiger partial charge is 0.493 e. The summed E-state index contributed by atoms with van der Waals surface area (Å²) in [4.78, 5) is 3.89. The fraction of sp³-hybridized carbons (Fsp3) is 0.681. The molecule has 15 heterocycles. The number of nitrogens with one attached hydrogen (secondary N) is 10. The van der Waals surface area contributed by atoms with Gasteiger partial charge in [-0.1, -0.05) is 243 Å². The molecule has 5 atom stereocenters. The normalized spacial score (nSPS) is 28.3. The molecule has 6 aromatic rings. The van der Waals surface area contributed by atoms with Crippen molar-refractivity contribution in [3.63, 3.8) is 0 Å². The molecular weight excluding hydrogens is 1590 g/mol. The highest BCUT2D eigenvalue weighted by atomic mass is 32.2. The molecule has 25 aliphatic rings. The molecular formula is C113H175N11O3S. The van der Waals surface area contributed by atoms with Crippen molar-refractivity contribution in [2.24, 2.45) is 40.9 Å². The SMILES string of the molecule is C1CC2CC1CN2.C1CC2CCC(C1)N2.C1CC2CCC1C2.C1CC2CCC1CC2.C1CC2CCC1CN2.C1CCCCC1.C1CCNCC1.C1CCOCC1.C1CN2CCOCC2CN1.C1NCC12CNC2.c1ccc2c(c1)CCC2.c1ccc2c(c1)CCC2.c1ccc2c(c1)CCN2.c1ccc2c(c1)CCNC2.c1ccc2c(c1)CCO2.c1ccc2c(c1)CNS2. The van der Waals surface area contributed by atoms with Gasteiger partial charge in [-0.2, -0.15) is 0 Å². The average molecular weight is 1770 g/mol. The molecule has 0 amide bonds. The zero-order valence-corrected chi connectivity index (χ0v) is 80.6. The number of hydrogen-bond donors (Lipinski definition) is 10. The minimum atomic E-state index is 0.655. The molecule has 31 rings (SSSR count). The van der Waals surface area contributed by atoms with Crippen molar-refractivity contribution in [3.8, 4) is 5.75 Å². The van der Waals surface area contributed by atoms with E-state index in [0.717, 1.165) is 144 Å². The van der Waals surface area contributed by atoms with Gasteiger partial charge in [0, 0.05) is 138 Å². The van der Waals surface area contributed by atoms with Gasteiger partial charge in [0.05, 0.1) is 19.8 Å². The lowest BCUT2D eigenvalue weighted by Crippen LogP contribution is -2.69. The van der Waals surface area contributed by atoms with Crippen molar-refractivity contribution in [2.75, 3.05) is 130 Å². The molecule has 8 saturated carbocycles. The van der Waals surface area contributed by atoms with Crippen molar-refractivity contribution in [2.45, 2.75) is 331 Å². The summed E-state index contributed by atoms with van der Waals surface area (Å²) >= 11 is 1.72. The summed E-state index contributed by atoms with van der Waals surface area (Å²) < 4.78 is 18.9. The van der Waals surface area contributed by atoms with E-state index < -0.39 is 0 Å². The fourth-order valence-corrected chi connectivity index (χ4v) is 24.1. The maximum absolute atomic E-state index is 5.36. The Balaban J connectivity index is 0.000000111. The van der Waals surface area contributed by atoms with Crippen molar-refractivity contribution in [3.05, 3.63) is 196 Å². The second-order valence-corrected chi connectivity index (χ2v) is 42.3. The molecule has 10 aliphatic carbocycles. The summed E-state index contributed by atoms with van der Waals surface area (Å²) in [5, 5.41) is 30.4. The van der Waals surface area contributed by atoms with Gasteiger partial charge in [-0.3, -0.25) is 9.62 Å². The first-order chi connectivity index (χ1) is 63.4. The maximum Gasteiger partial charge on any atom is 0.122 e. The smallest absolute Gasteiger partial charge is 0.122 e. The first-order valence-corrected chi connectivity index (χ1v) is 54.1. The number of nitrogens with zero attached hydrogens (tertiary/aromatic N) is 1. The van der Waals surface area contributed by atoms with Crippen LogP contribution in [0.5, 0.6) is 5.75 Å². The quantitative estimate of drug-likeness (QED) is 0.0657. The number of benzene rings is 6. The summed E-state index contributed by atoms with van der Waals surface area (Å²) in [6.45, 7) is 23.7. The number of fused-ring (bicyclic) bond motifs is 19. The van der Waals surface area contributed by atoms with Crippen molar-refractivity contribution in [1.82, 2.24) is 52.2 Å². The number of aryl methyl sites for hydroxylation is 4. The standard InChI is InChI=1S/C9H11N.2C9H10.C8H9N.C8H8O.C8H14.C7H14N2O.C7H7NS.2C7H13N.C7H12.C6H11N.C6H12.C5H10N2.C5H11N.C5H10O/c1-2-4-9-7-10-6-5-8(9)3-1;2*1-2-5-9-7-3-6-8(9)4-1;2*1-2-4-8-7(3-1)5-6-9-8;1-2-8-5-3-7(1)4-6-8;1-2-9-3-4-10-6-7(9)5-8-1;1-2-4-7-6(3-1)5-8-9-7;1-3-7-4-2-6(1)5-8-7;1-2-6-4-5-7(3-1)8-6;1-2-7-4-3-6(1)5-7;1-2-6-3-5(1)4-7-6;1-2-4-6-5-3-1;1-5(2-6-1)3-7-4-5;2*1-2-4-6-5-3-1/h1-4,10H,5-7H2;2*1-2,4-5H,3,6-7H2;1-4,9H,5-6H2;1-4H,5-6H2;7-8H,1-6H2;7-8H,1-6H2;1-4,8H,5H2;2*6-8H,1-5H2;6-7H,1-5H2;5-7H,1-4H2;1-6H2;6-7H,1-4H2;6H,1-5H2;1-5H2. The molecule has 14 nitrogen and oxygen atoms in total. The number of piperidine rings is 5. The molecule has 11 saturated heterocycles. The van der Waals surface area contributed by atoms with Crippen LogP contribution in [-0.4, -0.2) is 160 Å². The van der Waals surface area contributed by atoms with Crippen molar-refractivity contribution in [1.29, 1.82) is 0 Å². The van der Waals surface area contributed by atoms with E-state index >= 15 is 0 Å². The monoisotopic (exact) mass is 1770 g/mol. The number of anilines is 1. The van der Waals surface area contributed by atoms with Gasteiger partial charge in [-0.05, 0) is 309 Å². The first-order valence-electron chi connectivity index (χ1n) is 53.3. The number of para-hydroxylation sites is 2. The highest BCUT2D eigenvalue weighted by Gasteiger charge is 2.42. The molecule has 10 N–H and O–H groups in total. The Hall–Kier alpha value is -5.21. The van der Waals surface area contributed by atoms with Gasteiger partial charge in [-0.15, -0.1) is 0 Å². The molecule has 706 valence electrons. The van der Waals surface area contributed by atoms with Crippen LogP contribution in [0.4, 0.5) is 5.69 Å². The van der Waals surface area contributed by atoms with Gasteiger partial charge in [0.2, 0.25) is 0 Å². The van der Waals surface area contributed by atoms with E-state index in [-0.39, 0.29) is 0 Å². The first kappa shape index (κ1) is 98.8. The van der Waals surface area contributed by atoms with E-state index in [1.807, 2.05) is 18.2 Å². The van der Waals surface area contributed by atoms with Crippen molar-refractivity contribution >= 4 is 17.6 Å². The van der Waals surface area contributed by atoms with E-state index in [1.54, 1.807) is 105 Å². The van der Waals surface area contributed by atoms with Crippen LogP contribution in [-0.2, 0) is 67.5 Å². The van der Waals surface area contributed by atoms with Crippen LogP contribution in [0.1, 0.15) is 288 Å². The van der Waals surface area contributed by atoms with Gasteiger partial charge in [-0.25, -0.2) is 0 Å². The third-order valence-electron chi connectivity index (χ3n) is 31.7. The Bertz CT molecular complexity index is 3270. The van der Waals surface area contributed by atoms with Gasteiger partial charge in [0.1, 0.15) is 5.75 Å². The summed E-state index contributed by atoms with van der Waals surface area (Å²) in [7, 11) is 0. The van der Waals surface area contributed by atoms with E-state index in [4.69, 9.17) is 14.2 Å². The van der Waals surface area contributed by atoms with E-state index in [2.05, 4.69) is 185 Å². The predicted molar refractivity (Wildman–Crippen MR) is 540 cm³/mol. The summed E-state index contributed by atoms with van der Waals surface area (Å²) in [6.07, 6.45) is 63.3. The van der Waals surface area contributed by atoms with Crippen molar-refractivity contribution < 1.29 is 14.2 Å². The average Bonchev–Trinajstić information content (AvgIpc) is 1.27. The Labute approximate surface area is 782 Å². The van der Waals surface area contributed by atoms with Crippen LogP contribution < -0.4 is 57.3 Å². The van der Waals surface area contributed by atoms with Gasteiger partial charge in [0.25, 0.3) is 0 Å². The lowest BCUT2D eigenvalue weighted by atomic mass is 9.71. The van der Waals surface area contributed by atoms with Crippen LogP contribution in [0.3, 0.4) is 0 Å². The van der Waals surface area contributed by atoms with Crippen LogP contribution in [0, 0.1) is 40.9 Å². The highest BCUT2D eigenvalue weighted by Crippen LogP contribution is 2.44. The number of hydrogen-bond acceptors (Lipinski definition) is 15. The third-order valence-corrected chi connectivity index (χ3v) is 32.6. The second kappa shape index (κ2) is 57.5. The predicted octanol–water partition coefficient (Wildman–Crippen LogP) is 21.5. The molecule has 0 radical (unpaired) electrons. The lowest BCUT2D eigenvalue weighted by Gasteiger charge is -2.50. The van der Waals surface area contributed by atoms with E-state index in [9.17, 15) is 0 Å². The topological polar surface area (TPSA) is 151 Å². The fourth-order valence-electron chi connectivity index (χ4n) is 23.3. The van der Waals surface area contributed by atoms with Crippen LogP contribution >= 0.6 is 11.9 Å². The molecule has 19 fully saturated rings. The van der Waals surface area contributed by atoms with Crippen LogP contribution in [0.25, 0.3) is 0 Å². The molecule has 15 heteroatoms. The summed E-state index contributed by atoms with van der Waals surface area (Å²) in [6, 6.07) is 55.5. The van der Waals surface area contributed by atoms with Gasteiger partial charge in [0.15, 0.2) is 0 Å². The highest BCUT2D eigenvalue weighted by molar-refractivity contribution is 7.97. The second-order valence-electron chi connectivity index (χ2n) is 41.4. The molecule has 5 unspecified atom stereocenters. The number of ether oxygens (including phenoxy) is 3. The molecule has 15 aliphatic heterocycles. The third kappa shape index (κ3) is 34.9. The van der Waals surface area contributed by atoms with E-state index in [0.29, 0.717) is 6.04 Å². The Morgan fingerprint density at radius 3 is 1.20 bits per heavy atom. The molecule has 0 aromatic heterocycles. The summed E-state index contributed by atoms with van der Waals surface area (Å²) in [5.74, 6) is 7.82. The summed E-state index contributed by atoms with van der Waals surface area (Å²) in [5.41, 5.74) is 15.5. The number of morpholine rings is 1.